The third-order valence-electron chi connectivity index (χ3n) is 1.82. The zero-order chi connectivity index (χ0) is 10.9. The Morgan fingerprint density at radius 3 is 2.67 bits per heavy atom. The number of hydrogen-bond donors (Lipinski definition) is 1. The molecule has 0 heterocycles. The van der Waals surface area contributed by atoms with Crippen LogP contribution in [0.4, 0.5) is 0 Å². The lowest BCUT2D eigenvalue weighted by molar-refractivity contribution is 1.33. The number of hydrogen-bond acceptors (Lipinski definition) is 1. The van der Waals surface area contributed by atoms with Crippen molar-refractivity contribution in [2.45, 2.75) is 6.92 Å². The Bertz CT molecular complexity index is 384. The van der Waals surface area contributed by atoms with Gasteiger partial charge in [-0.05, 0) is 25.3 Å². The largest absolute Gasteiger partial charge is 0.420 e. The zero-order valence-electron chi connectivity index (χ0n) is 8.90. The highest BCUT2D eigenvalue weighted by Crippen LogP contribution is 1.94. The Balaban J connectivity index is 2.66. The molecule has 0 aromatic heterocycles. The van der Waals surface area contributed by atoms with E-state index in [1.54, 1.807) is 5.98 Å². The van der Waals surface area contributed by atoms with E-state index in [1.807, 2.05) is 49.5 Å². The molecule has 0 aliphatic carbocycles. The van der Waals surface area contributed by atoms with Crippen molar-refractivity contribution in [3.63, 3.8) is 0 Å². The minimum Gasteiger partial charge on any atom is -0.420 e. The minimum atomic E-state index is 0.00130. The van der Waals surface area contributed by atoms with Crippen molar-refractivity contribution in [3.8, 4) is 11.7 Å². The summed E-state index contributed by atoms with van der Waals surface area (Å²) in [5.41, 5.74) is 1.02. The number of allylic oxidation sites excluding steroid dienone is 1. The molecule has 0 amide bonds. The van der Waals surface area contributed by atoms with Crippen LogP contribution in [-0.4, -0.2) is 6.85 Å². The highest BCUT2D eigenvalue weighted by Gasteiger charge is 2.00. The fraction of sp³-hybridized carbons (Fsp3) is 0.0769. The molecule has 0 saturated heterocycles. The molecule has 1 N–H and O–H groups in total. The van der Waals surface area contributed by atoms with Gasteiger partial charge in [-0.1, -0.05) is 36.2 Å². The van der Waals surface area contributed by atoms with Crippen LogP contribution in [0.2, 0.25) is 0 Å². The van der Waals surface area contributed by atoms with Crippen molar-refractivity contribution >= 4 is 6.85 Å². The van der Waals surface area contributed by atoms with Crippen molar-refractivity contribution in [2.75, 3.05) is 0 Å². The Morgan fingerprint density at radius 2 is 2.07 bits per heavy atom. The van der Waals surface area contributed by atoms with Gasteiger partial charge in [-0.3, -0.25) is 0 Å². The number of nitrogens with one attached hydrogen (secondary N) is 1. The van der Waals surface area contributed by atoms with Crippen LogP contribution < -0.4 is 5.23 Å². The average molecular weight is 195 g/mol. The van der Waals surface area contributed by atoms with E-state index in [9.17, 15) is 0 Å². The van der Waals surface area contributed by atoms with Crippen LogP contribution >= 0.6 is 0 Å². The summed E-state index contributed by atoms with van der Waals surface area (Å²) in [6.07, 6.45) is 3.80. The summed E-state index contributed by atoms with van der Waals surface area (Å²) in [5.74, 6) is 7.96. The smallest absolute Gasteiger partial charge is 0.365 e. The second-order valence-corrected chi connectivity index (χ2v) is 3.02. The molecule has 0 bridgehead atoms. The first kappa shape index (κ1) is 11.2. The summed E-state index contributed by atoms with van der Waals surface area (Å²) in [6, 6.07) is 9.92. The topological polar surface area (TPSA) is 12.0 Å². The van der Waals surface area contributed by atoms with E-state index < -0.39 is 0 Å². The molecular formula is C13H14BN. The van der Waals surface area contributed by atoms with Gasteiger partial charge in [0.25, 0.3) is 0 Å². The summed E-state index contributed by atoms with van der Waals surface area (Å²) in [6.45, 7) is 5.68. The summed E-state index contributed by atoms with van der Waals surface area (Å²) >= 11 is 0. The predicted molar refractivity (Wildman–Crippen MR) is 67.2 cm³/mol. The van der Waals surface area contributed by atoms with E-state index in [0.717, 1.165) is 5.56 Å². The summed E-state index contributed by atoms with van der Waals surface area (Å²) < 4.78 is 0. The van der Waals surface area contributed by atoms with Crippen LogP contribution in [-0.2, 0) is 0 Å². The molecule has 1 aromatic carbocycles. The highest BCUT2D eigenvalue weighted by molar-refractivity contribution is 6.70. The maximum absolute atomic E-state index is 3.73. The molecular weight excluding hydrogens is 181 g/mol. The maximum Gasteiger partial charge on any atom is 0.365 e. The van der Waals surface area contributed by atoms with Crippen LogP contribution in [0.15, 0.2) is 55.2 Å². The van der Waals surface area contributed by atoms with Crippen molar-refractivity contribution in [1.82, 2.24) is 5.23 Å². The Morgan fingerprint density at radius 1 is 1.33 bits per heavy atom. The lowest BCUT2D eigenvalue weighted by Crippen LogP contribution is -2.25. The van der Waals surface area contributed by atoms with Crippen LogP contribution in [0.25, 0.3) is 0 Å². The zero-order valence-corrected chi connectivity index (χ0v) is 8.90. The predicted octanol–water partition coefficient (Wildman–Crippen LogP) is 2.42. The van der Waals surface area contributed by atoms with Gasteiger partial charge in [0.15, 0.2) is 0 Å². The van der Waals surface area contributed by atoms with Gasteiger partial charge in [0.05, 0.1) is 0 Å². The van der Waals surface area contributed by atoms with E-state index >= 15 is 0 Å². The molecule has 1 rings (SSSR count). The maximum atomic E-state index is 3.73. The van der Waals surface area contributed by atoms with Crippen LogP contribution in [0, 0.1) is 11.7 Å². The van der Waals surface area contributed by atoms with Gasteiger partial charge in [-0.15, -0.1) is 12.4 Å². The van der Waals surface area contributed by atoms with Gasteiger partial charge in [0, 0.05) is 5.56 Å². The monoisotopic (exact) mass is 195 g/mol. The molecule has 1 aromatic rings. The van der Waals surface area contributed by atoms with Gasteiger partial charge < -0.3 is 5.23 Å². The molecule has 0 radical (unpaired) electrons. The van der Waals surface area contributed by atoms with E-state index in [4.69, 9.17) is 0 Å². The lowest BCUT2D eigenvalue weighted by Gasteiger charge is -1.98. The standard InChI is InChI=1S/C13H14BN/c1-3-12-15-14(4-2)11-10-13-8-6-5-7-9-13/h3-9,12,15H,2H2,1H3/b12-3-. The van der Waals surface area contributed by atoms with Crippen LogP contribution in [0.5, 0.6) is 0 Å². The summed E-state index contributed by atoms with van der Waals surface area (Å²) in [5, 5.41) is 3.12. The average Bonchev–Trinajstić information content (AvgIpc) is 2.31. The molecule has 0 atom stereocenters. The summed E-state index contributed by atoms with van der Waals surface area (Å²) in [4.78, 5) is 0. The van der Waals surface area contributed by atoms with E-state index in [-0.39, 0.29) is 6.85 Å². The van der Waals surface area contributed by atoms with Crippen molar-refractivity contribution < 1.29 is 0 Å². The van der Waals surface area contributed by atoms with Crippen LogP contribution in [0.3, 0.4) is 0 Å². The molecule has 1 nitrogen and oxygen atoms in total. The third-order valence-corrected chi connectivity index (χ3v) is 1.82. The normalized spacial score (nSPS) is 9.13. The Labute approximate surface area is 92.0 Å². The molecule has 0 aliphatic heterocycles. The lowest BCUT2D eigenvalue weighted by atomic mass is 9.64. The van der Waals surface area contributed by atoms with Gasteiger partial charge in [-0.2, -0.15) is 0 Å². The molecule has 74 valence electrons. The van der Waals surface area contributed by atoms with Crippen LogP contribution in [0.1, 0.15) is 12.5 Å². The molecule has 0 aliphatic rings. The SMILES string of the molecule is C=CB(C#Cc1ccccc1)N/C=C\C. The Hall–Kier alpha value is -1.88. The van der Waals surface area contributed by atoms with E-state index in [1.165, 1.54) is 0 Å². The van der Waals surface area contributed by atoms with E-state index in [0.29, 0.717) is 0 Å². The molecule has 0 spiro atoms. The third kappa shape index (κ3) is 4.24. The second-order valence-electron chi connectivity index (χ2n) is 3.02. The fourth-order valence-electron chi connectivity index (χ4n) is 1.05. The first-order chi connectivity index (χ1) is 7.36. The van der Waals surface area contributed by atoms with Crippen molar-refractivity contribution in [1.29, 1.82) is 0 Å². The number of rotatable bonds is 3. The second kappa shape index (κ2) is 6.56. The first-order valence-corrected chi connectivity index (χ1v) is 4.93. The molecule has 15 heavy (non-hydrogen) atoms. The highest BCUT2D eigenvalue weighted by atomic mass is 14.7. The molecule has 0 unspecified atom stereocenters. The fourth-order valence-corrected chi connectivity index (χ4v) is 1.05. The van der Waals surface area contributed by atoms with Crippen molar-refractivity contribution in [3.05, 3.63) is 60.7 Å². The van der Waals surface area contributed by atoms with Gasteiger partial charge in [0.2, 0.25) is 0 Å². The summed E-state index contributed by atoms with van der Waals surface area (Å²) in [7, 11) is 0. The van der Waals surface area contributed by atoms with E-state index in [2.05, 4.69) is 23.5 Å². The quantitative estimate of drug-likeness (QED) is 0.576. The van der Waals surface area contributed by atoms with Crippen molar-refractivity contribution in [2.24, 2.45) is 0 Å². The minimum absolute atomic E-state index is 0.00130. The Kier molecular flexibility index (Phi) is 4.90. The molecule has 2 heteroatoms. The molecule has 0 fully saturated rings. The molecule has 0 saturated carbocycles. The first-order valence-electron chi connectivity index (χ1n) is 4.93. The van der Waals surface area contributed by atoms with Gasteiger partial charge in [0.1, 0.15) is 0 Å². The van der Waals surface area contributed by atoms with Gasteiger partial charge in [-0.25, -0.2) is 0 Å². The van der Waals surface area contributed by atoms with Gasteiger partial charge >= 0.3 is 6.85 Å². The number of benzene rings is 1.